The van der Waals surface area contributed by atoms with Gasteiger partial charge in [0, 0.05) is 31.0 Å². The van der Waals surface area contributed by atoms with E-state index >= 15 is 0 Å². The minimum absolute atomic E-state index is 0.124. The van der Waals surface area contributed by atoms with Crippen LogP contribution in [0.2, 0.25) is 0 Å². The van der Waals surface area contributed by atoms with Gasteiger partial charge in [-0.3, -0.25) is 14.6 Å². The fraction of sp³-hybridized carbons (Fsp3) is 0.333. The summed E-state index contributed by atoms with van der Waals surface area (Å²) in [6.07, 6.45) is 3.82. The van der Waals surface area contributed by atoms with E-state index in [4.69, 9.17) is 9.47 Å². The molecule has 1 saturated heterocycles. The number of piperidine rings is 1. The lowest BCUT2D eigenvalue weighted by atomic mass is 10.0. The number of hydrogen-bond donors (Lipinski definition) is 2. The van der Waals surface area contributed by atoms with E-state index < -0.39 is 18.1 Å². The fourth-order valence-corrected chi connectivity index (χ4v) is 3.16. The predicted molar refractivity (Wildman–Crippen MR) is 92.4 cm³/mol. The average Bonchev–Trinajstić information content (AvgIpc) is 3.17. The minimum atomic E-state index is -0.877. The highest BCUT2D eigenvalue weighted by Gasteiger charge is 2.32. The van der Waals surface area contributed by atoms with Crippen molar-refractivity contribution in [2.45, 2.75) is 18.6 Å². The standard InChI is InChI=1S/C18H18N4O5/c23-14-9-22(18(25)11-1-2-15-16(7-11)27-10-26-15)6-3-12(14)21-17(24)13-8-19-4-5-20-13/h1-2,4-5,7-8,12,14,23H,3,6,9-10H2,(H,21,24)/t12-,14-/m1/s1. The quantitative estimate of drug-likeness (QED) is 0.794. The lowest BCUT2D eigenvalue weighted by Gasteiger charge is -2.36. The second kappa shape index (κ2) is 7.20. The van der Waals surface area contributed by atoms with E-state index in [9.17, 15) is 14.7 Å². The zero-order chi connectivity index (χ0) is 18.8. The Labute approximate surface area is 154 Å². The number of hydrogen-bond acceptors (Lipinski definition) is 7. The van der Waals surface area contributed by atoms with E-state index in [1.807, 2.05) is 0 Å². The van der Waals surface area contributed by atoms with Gasteiger partial charge in [-0.1, -0.05) is 0 Å². The molecule has 2 aromatic rings. The predicted octanol–water partition coefficient (Wildman–Crippen LogP) is 0.211. The van der Waals surface area contributed by atoms with Crippen LogP contribution in [-0.2, 0) is 0 Å². The highest BCUT2D eigenvalue weighted by Crippen LogP contribution is 2.33. The van der Waals surface area contributed by atoms with Gasteiger partial charge in [0.25, 0.3) is 11.8 Å². The van der Waals surface area contributed by atoms with Crippen LogP contribution >= 0.6 is 0 Å². The van der Waals surface area contributed by atoms with Crippen LogP contribution in [0.1, 0.15) is 27.3 Å². The summed E-state index contributed by atoms with van der Waals surface area (Å²) in [6.45, 7) is 0.678. The van der Waals surface area contributed by atoms with Gasteiger partial charge >= 0.3 is 0 Å². The van der Waals surface area contributed by atoms with Crippen molar-refractivity contribution in [1.82, 2.24) is 20.2 Å². The number of nitrogens with zero attached hydrogens (tertiary/aromatic N) is 3. The first kappa shape index (κ1) is 17.2. The molecule has 2 aliphatic rings. The number of likely N-dealkylation sites (tertiary alicyclic amines) is 1. The van der Waals surface area contributed by atoms with Gasteiger partial charge in [0.2, 0.25) is 6.79 Å². The van der Waals surface area contributed by atoms with Crippen LogP contribution in [0.3, 0.4) is 0 Å². The van der Waals surface area contributed by atoms with Gasteiger partial charge in [-0.2, -0.15) is 0 Å². The summed E-state index contributed by atoms with van der Waals surface area (Å²) in [5.41, 5.74) is 0.650. The fourth-order valence-electron chi connectivity index (χ4n) is 3.16. The molecule has 0 bridgehead atoms. The smallest absolute Gasteiger partial charge is 0.271 e. The molecule has 2 amide bonds. The minimum Gasteiger partial charge on any atom is -0.454 e. The van der Waals surface area contributed by atoms with Gasteiger partial charge in [0.15, 0.2) is 11.5 Å². The van der Waals surface area contributed by atoms with Gasteiger partial charge in [-0.05, 0) is 24.6 Å². The lowest BCUT2D eigenvalue weighted by Crippen LogP contribution is -2.55. The molecule has 3 heterocycles. The molecule has 1 aromatic heterocycles. The highest BCUT2D eigenvalue weighted by molar-refractivity contribution is 5.95. The number of β-amino-alcohol motifs (C(OH)–C–C–N with tert-alkyl or cyclic N) is 1. The molecule has 9 heteroatoms. The number of aliphatic hydroxyl groups is 1. The second-order valence-corrected chi connectivity index (χ2v) is 6.35. The number of amides is 2. The number of fused-ring (bicyclic) bond motifs is 1. The van der Waals surface area contributed by atoms with E-state index in [1.165, 1.54) is 18.6 Å². The van der Waals surface area contributed by atoms with Crippen LogP contribution in [0, 0.1) is 0 Å². The molecule has 2 N–H and O–H groups in total. The Hall–Kier alpha value is -3.20. The summed E-state index contributed by atoms with van der Waals surface area (Å²) >= 11 is 0. The third-order valence-corrected chi connectivity index (χ3v) is 4.60. The summed E-state index contributed by atoms with van der Waals surface area (Å²) in [5, 5.41) is 13.1. The maximum Gasteiger partial charge on any atom is 0.271 e. The molecule has 1 aromatic carbocycles. The molecule has 2 aliphatic heterocycles. The number of carbonyl (C=O) groups is 2. The summed E-state index contributed by atoms with van der Waals surface area (Å²) < 4.78 is 10.5. The zero-order valence-electron chi connectivity index (χ0n) is 14.4. The van der Waals surface area contributed by atoms with Crippen LogP contribution in [0.4, 0.5) is 0 Å². The molecule has 2 atom stereocenters. The Kier molecular flexibility index (Phi) is 4.59. The van der Waals surface area contributed by atoms with Crippen molar-refractivity contribution in [3.05, 3.63) is 48.0 Å². The highest BCUT2D eigenvalue weighted by atomic mass is 16.7. The SMILES string of the molecule is O=C(N[C@@H]1CCN(C(=O)c2ccc3c(c2)OCO3)C[C@H]1O)c1cnccn1. The van der Waals surface area contributed by atoms with Crippen LogP contribution in [0.5, 0.6) is 11.5 Å². The number of aromatic nitrogens is 2. The van der Waals surface area contributed by atoms with Crippen molar-refractivity contribution in [2.24, 2.45) is 0 Å². The van der Waals surface area contributed by atoms with Gasteiger partial charge in [-0.25, -0.2) is 4.98 Å². The molecular formula is C18H18N4O5. The summed E-state index contributed by atoms with van der Waals surface area (Å²) in [6, 6.07) is 4.54. The maximum atomic E-state index is 12.7. The van der Waals surface area contributed by atoms with Gasteiger partial charge < -0.3 is 24.8 Å². The Morgan fingerprint density at radius 2 is 2.07 bits per heavy atom. The normalized spacial score (nSPS) is 21.0. The molecule has 0 radical (unpaired) electrons. The van der Waals surface area contributed by atoms with Crippen LogP contribution in [0.25, 0.3) is 0 Å². The van der Waals surface area contributed by atoms with Crippen LogP contribution in [0.15, 0.2) is 36.8 Å². The molecular weight excluding hydrogens is 352 g/mol. The monoisotopic (exact) mass is 370 g/mol. The Bertz CT molecular complexity index is 860. The van der Waals surface area contributed by atoms with Crippen molar-refractivity contribution < 1.29 is 24.2 Å². The first-order valence-electron chi connectivity index (χ1n) is 8.55. The number of benzene rings is 1. The van der Waals surface area contributed by atoms with Gasteiger partial charge in [0.05, 0.1) is 18.3 Å². The lowest BCUT2D eigenvalue weighted by molar-refractivity contribution is 0.0314. The molecule has 1 fully saturated rings. The molecule has 4 rings (SSSR count). The first-order valence-corrected chi connectivity index (χ1v) is 8.55. The number of nitrogens with one attached hydrogen (secondary N) is 1. The van der Waals surface area contributed by atoms with Crippen molar-refractivity contribution in [3.8, 4) is 11.5 Å². The second-order valence-electron chi connectivity index (χ2n) is 6.35. The maximum absolute atomic E-state index is 12.7. The van der Waals surface area contributed by atoms with E-state index in [2.05, 4.69) is 15.3 Å². The number of ether oxygens (including phenoxy) is 2. The Morgan fingerprint density at radius 1 is 1.22 bits per heavy atom. The molecule has 0 saturated carbocycles. The molecule has 0 spiro atoms. The van der Waals surface area contributed by atoms with Crippen molar-refractivity contribution in [3.63, 3.8) is 0 Å². The van der Waals surface area contributed by atoms with E-state index in [1.54, 1.807) is 23.1 Å². The van der Waals surface area contributed by atoms with Crippen LogP contribution in [-0.4, -0.2) is 63.8 Å². The third kappa shape index (κ3) is 3.54. The van der Waals surface area contributed by atoms with Gasteiger partial charge in [0.1, 0.15) is 5.69 Å². The zero-order valence-corrected chi connectivity index (χ0v) is 14.4. The molecule has 9 nitrogen and oxygen atoms in total. The average molecular weight is 370 g/mol. The molecule has 140 valence electrons. The van der Waals surface area contributed by atoms with E-state index in [-0.39, 0.29) is 24.9 Å². The molecule has 0 unspecified atom stereocenters. The topological polar surface area (TPSA) is 114 Å². The number of rotatable bonds is 3. The van der Waals surface area contributed by atoms with E-state index in [0.717, 1.165) is 0 Å². The first-order chi connectivity index (χ1) is 13.1. The number of aliphatic hydroxyl groups excluding tert-OH is 1. The summed E-state index contributed by atoms with van der Waals surface area (Å²) in [4.78, 5) is 34.2. The van der Waals surface area contributed by atoms with Crippen molar-refractivity contribution >= 4 is 11.8 Å². The van der Waals surface area contributed by atoms with Crippen LogP contribution < -0.4 is 14.8 Å². The van der Waals surface area contributed by atoms with Gasteiger partial charge in [-0.15, -0.1) is 0 Å². The molecule has 27 heavy (non-hydrogen) atoms. The Balaban J connectivity index is 1.38. The van der Waals surface area contributed by atoms with E-state index in [0.29, 0.717) is 30.0 Å². The number of carbonyl (C=O) groups excluding carboxylic acids is 2. The summed E-state index contributed by atoms with van der Waals surface area (Å²) in [7, 11) is 0. The molecule has 0 aliphatic carbocycles. The third-order valence-electron chi connectivity index (χ3n) is 4.60. The summed E-state index contributed by atoms with van der Waals surface area (Å²) in [5.74, 6) is 0.540. The largest absolute Gasteiger partial charge is 0.454 e. The van der Waals surface area contributed by atoms with Crippen molar-refractivity contribution in [2.75, 3.05) is 19.9 Å². The van der Waals surface area contributed by atoms with Crippen molar-refractivity contribution in [1.29, 1.82) is 0 Å². The Morgan fingerprint density at radius 3 is 2.85 bits per heavy atom.